The smallest absolute Gasteiger partial charge is 0.404 e. The third-order valence-electron chi connectivity index (χ3n) is 8.40. The lowest BCUT2D eigenvalue weighted by atomic mass is 9.56. The second-order valence-electron chi connectivity index (χ2n) is 9.19. The standard InChI is InChI=1S/C20H22F3N3O2.HI/c21-20(22,23)28-13-4-2-1-3-12(13)26-18(24)25-7-19(27)16-9-6-10-14-8(9)5-11(16)15(14)17(10)19;/h1-4,8-11,14-17,27H,5-7H2,(H3,24,25,26);1H. The van der Waals surface area contributed by atoms with E-state index < -0.39 is 12.0 Å². The number of ether oxygens (including phenoxy) is 1. The van der Waals surface area contributed by atoms with Crippen LogP contribution in [0, 0.1) is 47.3 Å². The summed E-state index contributed by atoms with van der Waals surface area (Å²) in [6.45, 7) is 0.211. The fourth-order valence-corrected chi connectivity index (χ4v) is 8.11. The van der Waals surface area contributed by atoms with Crippen molar-refractivity contribution in [2.45, 2.75) is 24.8 Å². The molecule has 5 aliphatic rings. The third-order valence-corrected chi connectivity index (χ3v) is 8.40. The lowest BCUT2D eigenvalue weighted by molar-refractivity contribution is -0.274. The number of fused-ring (bicyclic) bond motifs is 2. The van der Waals surface area contributed by atoms with Crippen molar-refractivity contribution in [1.82, 2.24) is 0 Å². The zero-order valence-corrected chi connectivity index (χ0v) is 17.8. The molecule has 5 fully saturated rings. The second-order valence-corrected chi connectivity index (χ2v) is 9.19. The molecule has 5 aliphatic carbocycles. The molecule has 5 saturated carbocycles. The molecule has 29 heavy (non-hydrogen) atoms. The Kier molecular flexibility index (Phi) is 4.18. The second kappa shape index (κ2) is 6.15. The van der Waals surface area contributed by atoms with Crippen molar-refractivity contribution in [3.8, 4) is 5.75 Å². The molecule has 0 saturated heterocycles. The van der Waals surface area contributed by atoms with E-state index in [4.69, 9.17) is 5.73 Å². The lowest BCUT2D eigenvalue weighted by Crippen LogP contribution is -2.56. The predicted molar refractivity (Wildman–Crippen MR) is 111 cm³/mol. The molecule has 0 aromatic heterocycles. The topological polar surface area (TPSA) is 79.9 Å². The van der Waals surface area contributed by atoms with Gasteiger partial charge in [-0.3, -0.25) is 4.99 Å². The number of hydrogen-bond donors (Lipinski definition) is 3. The molecule has 1 aromatic carbocycles. The minimum Gasteiger partial charge on any atom is -0.404 e. The summed E-state index contributed by atoms with van der Waals surface area (Å²) in [5, 5.41) is 14.2. The van der Waals surface area contributed by atoms with Crippen molar-refractivity contribution in [3.05, 3.63) is 24.3 Å². The van der Waals surface area contributed by atoms with Crippen molar-refractivity contribution in [1.29, 1.82) is 0 Å². The van der Waals surface area contributed by atoms with E-state index in [2.05, 4.69) is 15.0 Å². The monoisotopic (exact) mass is 521 g/mol. The number of aliphatic imine (C=N–C) groups is 1. The van der Waals surface area contributed by atoms with Crippen LogP contribution in [0.1, 0.15) is 12.8 Å². The zero-order chi connectivity index (χ0) is 19.4. The minimum absolute atomic E-state index is 0. The molecular weight excluding hydrogens is 498 g/mol. The van der Waals surface area contributed by atoms with Crippen LogP contribution >= 0.6 is 24.0 Å². The van der Waals surface area contributed by atoms with Gasteiger partial charge in [-0.25, -0.2) is 0 Å². The average Bonchev–Trinajstić information content (AvgIpc) is 3.12. The molecule has 2 bridgehead atoms. The van der Waals surface area contributed by atoms with E-state index in [0.29, 0.717) is 35.5 Å². The van der Waals surface area contributed by atoms with Crippen LogP contribution in [-0.4, -0.2) is 29.6 Å². The summed E-state index contributed by atoms with van der Waals surface area (Å²) in [7, 11) is 0. The van der Waals surface area contributed by atoms with Crippen LogP contribution in [0.5, 0.6) is 5.75 Å². The quantitative estimate of drug-likeness (QED) is 0.323. The first kappa shape index (κ1) is 19.7. The molecule has 0 spiro atoms. The summed E-state index contributed by atoms with van der Waals surface area (Å²) in [4.78, 5) is 4.35. The van der Waals surface area contributed by atoms with Gasteiger partial charge in [-0.2, -0.15) is 0 Å². The molecule has 9 unspecified atom stereocenters. The maximum Gasteiger partial charge on any atom is 0.573 e. The third kappa shape index (κ3) is 2.52. The molecule has 1 aromatic rings. The Morgan fingerprint density at radius 2 is 1.83 bits per heavy atom. The lowest BCUT2D eigenvalue weighted by Gasteiger charge is -2.51. The zero-order valence-electron chi connectivity index (χ0n) is 15.5. The van der Waals surface area contributed by atoms with Gasteiger partial charge in [0.2, 0.25) is 0 Å². The first-order valence-electron chi connectivity index (χ1n) is 9.92. The molecule has 0 amide bonds. The summed E-state index contributed by atoms with van der Waals surface area (Å²) < 4.78 is 41.7. The van der Waals surface area contributed by atoms with Gasteiger partial charge in [-0.05, 0) is 72.3 Å². The highest BCUT2D eigenvalue weighted by Crippen LogP contribution is 2.85. The first-order valence-corrected chi connectivity index (χ1v) is 9.92. The summed E-state index contributed by atoms with van der Waals surface area (Å²) >= 11 is 0. The molecule has 0 aliphatic heterocycles. The number of aliphatic hydroxyl groups is 1. The number of guanidine groups is 1. The maximum absolute atomic E-state index is 12.6. The molecule has 0 radical (unpaired) electrons. The van der Waals surface area contributed by atoms with Crippen LogP contribution in [0.25, 0.3) is 0 Å². The SMILES string of the molecule is I.NC(=NCC1(O)C2C3CC4C5C3CC2C5C41)Nc1ccccc1OC(F)(F)F. The average molecular weight is 521 g/mol. The van der Waals surface area contributed by atoms with Gasteiger partial charge in [0.15, 0.2) is 11.7 Å². The van der Waals surface area contributed by atoms with Crippen molar-refractivity contribution in [3.63, 3.8) is 0 Å². The van der Waals surface area contributed by atoms with Crippen LogP contribution in [0.2, 0.25) is 0 Å². The Labute approximate surface area is 183 Å². The van der Waals surface area contributed by atoms with Gasteiger partial charge in [0.05, 0.1) is 17.8 Å². The van der Waals surface area contributed by atoms with Crippen molar-refractivity contribution < 1.29 is 23.0 Å². The molecule has 0 heterocycles. The number of alkyl halides is 3. The number of hydrogen-bond acceptors (Lipinski definition) is 3. The Morgan fingerprint density at radius 1 is 1.14 bits per heavy atom. The molecule has 9 heteroatoms. The number of anilines is 1. The molecular formula is C20H23F3IN3O2. The number of nitrogens with one attached hydrogen (secondary N) is 1. The molecule has 9 atom stereocenters. The Balaban J connectivity index is 0.00000181. The highest BCUT2D eigenvalue weighted by molar-refractivity contribution is 14.0. The van der Waals surface area contributed by atoms with E-state index in [9.17, 15) is 18.3 Å². The summed E-state index contributed by atoms with van der Waals surface area (Å²) in [5.74, 6) is 4.47. The van der Waals surface area contributed by atoms with Crippen LogP contribution in [0.4, 0.5) is 18.9 Å². The number of para-hydroxylation sites is 2. The van der Waals surface area contributed by atoms with Crippen LogP contribution in [-0.2, 0) is 0 Å². The minimum atomic E-state index is -4.79. The van der Waals surface area contributed by atoms with Crippen LogP contribution in [0.3, 0.4) is 0 Å². The number of benzene rings is 1. The van der Waals surface area contributed by atoms with Gasteiger partial charge in [0.25, 0.3) is 0 Å². The molecule has 6 rings (SSSR count). The Morgan fingerprint density at radius 3 is 2.59 bits per heavy atom. The Hall–Kier alpha value is -1.23. The summed E-state index contributed by atoms with van der Waals surface area (Å²) in [6, 6.07) is 5.70. The molecule has 5 nitrogen and oxygen atoms in total. The van der Waals surface area contributed by atoms with Gasteiger partial charge in [0, 0.05) is 0 Å². The van der Waals surface area contributed by atoms with Gasteiger partial charge in [-0.1, -0.05) is 12.1 Å². The normalized spacial score (nSPS) is 45.3. The van der Waals surface area contributed by atoms with Crippen LogP contribution < -0.4 is 15.8 Å². The maximum atomic E-state index is 12.6. The number of halogens is 4. The van der Waals surface area contributed by atoms with Gasteiger partial charge < -0.3 is 20.9 Å². The van der Waals surface area contributed by atoms with E-state index in [1.165, 1.54) is 31.0 Å². The van der Waals surface area contributed by atoms with E-state index in [1.807, 2.05) is 0 Å². The van der Waals surface area contributed by atoms with E-state index in [0.717, 1.165) is 11.8 Å². The fraction of sp³-hybridized carbons (Fsp3) is 0.650. The fourth-order valence-electron chi connectivity index (χ4n) is 8.11. The van der Waals surface area contributed by atoms with E-state index >= 15 is 0 Å². The van der Waals surface area contributed by atoms with E-state index in [-0.39, 0.29) is 47.9 Å². The van der Waals surface area contributed by atoms with Gasteiger partial charge in [-0.15, -0.1) is 37.1 Å². The highest BCUT2D eigenvalue weighted by Gasteiger charge is 2.84. The van der Waals surface area contributed by atoms with Gasteiger partial charge in [0.1, 0.15) is 0 Å². The Bertz CT molecular complexity index is 875. The van der Waals surface area contributed by atoms with Crippen molar-refractivity contribution >= 4 is 35.6 Å². The first-order chi connectivity index (χ1) is 13.3. The summed E-state index contributed by atoms with van der Waals surface area (Å²) in [5.41, 5.74) is 5.24. The predicted octanol–water partition coefficient (Wildman–Crippen LogP) is 3.44. The molecule has 158 valence electrons. The van der Waals surface area contributed by atoms with Crippen molar-refractivity contribution in [2.24, 2.45) is 58.1 Å². The summed E-state index contributed by atoms with van der Waals surface area (Å²) in [6.07, 6.45) is -2.26. The number of nitrogens with zero attached hydrogens (tertiary/aromatic N) is 1. The van der Waals surface area contributed by atoms with E-state index in [1.54, 1.807) is 6.07 Å². The largest absolute Gasteiger partial charge is 0.573 e. The van der Waals surface area contributed by atoms with Crippen LogP contribution in [0.15, 0.2) is 29.3 Å². The highest BCUT2D eigenvalue weighted by atomic mass is 127. The number of rotatable bonds is 4. The van der Waals surface area contributed by atoms with Crippen molar-refractivity contribution in [2.75, 3.05) is 11.9 Å². The van der Waals surface area contributed by atoms with Gasteiger partial charge >= 0.3 is 6.36 Å². The number of nitrogens with two attached hydrogens (primary N) is 1. The molecule has 4 N–H and O–H groups in total.